The van der Waals surface area contributed by atoms with Crippen LogP contribution in [-0.2, 0) is 9.84 Å². The van der Waals surface area contributed by atoms with Crippen LogP contribution in [0.2, 0.25) is 5.02 Å². The van der Waals surface area contributed by atoms with Crippen LogP contribution in [0, 0.1) is 0 Å². The molecule has 0 aliphatic carbocycles. The summed E-state index contributed by atoms with van der Waals surface area (Å²) in [6.07, 6.45) is 2.60. The van der Waals surface area contributed by atoms with Crippen molar-refractivity contribution < 1.29 is 8.42 Å². The molecule has 0 saturated carbocycles. The maximum Gasteiger partial charge on any atom is 0.150 e. The van der Waals surface area contributed by atoms with E-state index in [9.17, 15) is 8.42 Å². The first-order valence-corrected chi connectivity index (χ1v) is 9.85. The Labute approximate surface area is 134 Å². The lowest BCUT2D eigenvalue weighted by atomic mass is 9.94. The average Bonchev–Trinajstić information content (AvgIpc) is 2.46. The number of nitrogens with one attached hydrogen (secondary N) is 1. The zero-order valence-corrected chi connectivity index (χ0v) is 14.5. The summed E-state index contributed by atoms with van der Waals surface area (Å²) in [6, 6.07) is 7.84. The maximum absolute atomic E-state index is 11.6. The van der Waals surface area contributed by atoms with Gasteiger partial charge in [-0.05, 0) is 43.4 Å². The van der Waals surface area contributed by atoms with E-state index in [0.717, 1.165) is 36.5 Å². The molecule has 1 rings (SSSR count). The van der Waals surface area contributed by atoms with Crippen LogP contribution in [0.1, 0.15) is 44.6 Å². The number of benzene rings is 1. The van der Waals surface area contributed by atoms with E-state index >= 15 is 0 Å². The molecule has 21 heavy (non-hydrogen) atoms. The van der Waals surface area contributed by atoms with E-state index in [0.29, 0.717) is 6.42 Å². The highest BCUT2D eigenvalue weighted by molar-refractivity contribution is 7.91. The molecule has 1 aromatic rings. The van der Waals surface area contributed by atoms with Gasteiger partial charge in [0, 0.05) is 17.3 Å². The Morgan fingerprint density at radius 2 is 1.95 bits per heavy atom. The van der Waals surface area contributed by atoms with Crippen molar-refractivity contribution in [2.24, 2.45) is 0 Å². The highest BCUT2D eigenvalue weighted by Gasteiger charge is 2.16. The van der Waals surface area contributed by atoms with Crippen LogP contribution < -0.4 is 5.32 Å². The van der Waals surface area contributed by atoms with Gasteiger partial charge in [-0.1, -0.05) is 43.6 Å². The van der Waals surface area contributed by atoms with Crippen molar-refractivity contribution in [3.05, 3.63) is 34.9 Å². The van der Waals surface area contributed by atoms with Gasteiger partial charge in [0.05, 0.1) is 5.75 Å². The third-order valence-electron chi connectivity index (χ3n) is 3.61. The molecule has 0 fully saturated rings. The number of sulfone groups is 1. The number of halogens is 1. The van der Waals surface area contributed by atoms with Crippen molar-refractivity contribution in [3.8, 4) is 0 Å². The van der Waals surface area contributed by atoms with Crippen LogP contribution in [0.15, 0.2) is 24.3 Å². The van der Waals surface area contributed by atoms with Crippen molar-refractivity contribution in [1.29, 1.82) is 0 Å². The van der Waals surface area contributed by atoms with Crippen LogP contribution in [0.25, 0.3) is 0 Å². The van der Waals surface area contributed by atoms with E-state index in [1.54, 1.807) is 6.92 Å². The molecule has 1 atom stereocenters. The van der Waals surface area contributed by atoms with Gasteiger partial charge >= 0.3 is 0 Å². The van der Waals surface area contributed by atoms with Gasteiger partial charge in [-0.2, -0.15) is 0 Å². The lowest BCUT2D eigenvalue weighted by Gasteiger charge is -2.19. The quantitative estimate of drug-likeness (QED) is 0.666. The fourth-order valence-corrected chi connectivity index (χ4v) is 3.51. The first-order chi connectivity index (χ1) is 10.00. The standard InChI is InChI=1S/C16H26ClNO2S/c1-3-11-18-13-14(8-7-12-21(19,20)4-2)15-9-5-6-10-16(15)17/h5-6,9-10,14,18H,3-4,7-8,11-13H2,1-2H3. The zero-order valence-electron chi connectivity index (χ0n) is 12.9. The van der Waals surface area contributed by atoms with E-state index < -0.39 is 9.84 Å². The minimum Gasteiger partial charge on any atom is -0.316 e. The fraction of sp³-hybridized carbons (Fsp3) is 0.625. The highest BCUT2D eigenvalue weighted by Crippen LogP contribution is 2.27. The molecule has 0 saturated heterocycles. The van der Waals surface area contributed by atoms with Crippen LogP contribution >= 0.6 is 11.6 Å². The van der Waals surface area contributed by atoms with E-state index in [2.05, 4.69) is 12.2 Å². The van der Waals surface area contributed by atoms with Gasteiger partial charge in [0.15, 0.2) is 0 Å². The summed E-state index contributed by atoms with van der Waals surface area (Å²) in [5.41, 5.74) is 1.11. The minimum atomic E-state index is -2.89. The second-order valence-corrected chi connectivity index (χ2v) is 8.18. The first-order valence-electron chi connectivity index (χ1n) is 7.65. The van der Waals surface area contributed by atoms with Crippen LogP contribution in [0.5, 0.6) is 0 Å². The first kappa shape index (κ1) is 18.5. The molecule has 1 N–H and O–H groups in total. The van der Waals surface area contributed by atoms with Gasteiger partial charge in [0.25, 0.3) is 0 Å². The molecule has 0 heterocycles. The molecule has 0 spiro atoms. The van der Waals surface area contributed by atoms with Gasteiger partial charge < -0.3 is 5.32 Å². The minimum absolute atomic E-state index is 0.220. The van der Waals surface area contributed by atoms with Crippen molar-refractivity contribution in [2.75, 3.05) is 24.6 Å². The Morgan fingerprint density at radius 3 is 2.57 bits per heavy atom. The Hall–Kier alpha value is -0.580. The Bertz CT molecular complexity index is 517. The molecule has 0 aromatic heterocycles. The normalized spacial score (nSPS) is 13.3. The molecular formula is C16H26ClNO2S. The van der Waals surface area contributed by atoms with Crippen molar-refractivity contribution in [1.82, 2.24) is 5.32 Å². The zero-order chi connectivity index (χ0) is 15.7. The summed E-state index contributed by atoms with van der Waals surface area (Å²) < 4.78 is 23.2. The van der Waals surface area contributed by atoms with Crippen LogP contribution in [0.4, 0.5) is 0 Å². The number of rotatable bonds is 10. The van der Waals surface area contributed by atoms with E-state index in [4.69, 9.17) is 11.6 Å². The van der Waals surface area contributed by atoms with E-state index in [1.807, 2.05) is 24.3 Å². The summed E-state index contributed by atoms with van der Waals surface area (Å²) >= 11 is 6.28. The number of hydrogen-bond acceptors (Lipinski definition) is 3. The lowest BCUT2D eigenvalue weighted by molar-refractivity contribution is 0.538. The van der Waals surface area contributed by atoms with Gasteiger partial charge in [0.2, 0.25) is 0 Å². The predicted octanol–water partition coefficient (Wildman–Crippen LogP) is 3.64. The van der Waals surface area contributed by atoms with Gasteiger partial charge in [-0.15, -0.1) is 0 Å². The predicted molar refractivity (Wildman–Crippen MR) is 90.9 cm³/mol. The van der Waals surface area contributed by atoms with Crippen LogP contribution in [-0.4, -0.2) is 33.0 Å². The fourth-order valence-electron chi connectivity index (χ4n) is 2.32. The summed E-state index contributed by atoms with van der Waals surface area (Å²) in [6.45, 7) is 5.63. The SMILES string of the molecule is CCCNCC(CCCS(=O)(=O)CC)c1ccccc1Cl. The molecular weight excluding hydrogens is 306 g/mol. The lowest BCUT2D eigenvalue weighted by Crippen LogP contribution is -2.23. The Balaban J connectivity index is 2.67. The van der Waals surface area contributed by atoms with E-state index in [1.165, 1.54) is 0 Å². The highest BCUT2D eigenvalue weighted by atomic mass is 35.5. The monoisotopic (exact) mass is 331 g/mol. The molecule has 1 aromatic carbocycles. The summed E-state index contributed by atoms with van der Waals surface area (Å²) in [5.74, 6) is 0.744. The average molecular weight is 332 g/mol. The van der Waals surface area contributed by atoms with Gasteiger partial charge in [-0.3, -0.25) is 0 Å². The molecule has 5 heteroatoms. The molecule has 0 amide bonds. The third kappa shape index (κ3) is 6.81. The van der Waals surface area contributed by atoms with Gasteiger partial charge in [0.1, 0.15) is 9.84 Å². The Kier molecular flexibility index (Phi) is 8.30. The van der Waals surface area contributed by atoms with Crippen LogP contribution in [0.3, 0.4) is 0 Å². The number of hydrogen-bond donors (Lipinski definition) is 1. The van der Waals surface area contributed by atoms with Crippen molar-refractivity contribution >= 4 is 21.4 Å². The Morgan fingerprint density at radius 1 is 1.24 bits per heavy atom. The molecule has 0 radical (unpaired) electrons. The molecule has 0 bridgehead atoms. The molecule has 0 aliphatic rings. The summed E-state index contributed by atoms with van der Waals surface area (Å²) in [5, 5.41) is 4.18. The van der Waals surface area contributed by atoms with E-state index in [-0.39, 0.29) is 17.4 Å². The largest absolute Gasteiger partial charge is 0.316 e. The summed E-state index contributed by atoms with van der Waals surface area (Å²) in [7, 11) is -2.89. The smallest absolute Gasteiger partial charge is 0.150 e. The summed E-state index contributed by atoms with van der Waals surface area (Å²) in [4.78, 5) is 0. The topological polar surface area (TPSA) is 46.2 Å². The van der Waals surface area contributed by atoms with Gasteiger partial charge in [-0.25, -0.2) is 8.42 Å². The molecule has 1 unspecified atom stereocenters. The second kappa shape index (κ2) is 9.44. The maximum atomic E-state index is 11.6. The second-order valence-electron chi connectivity index (χ2n) is 5.30. The molecule has 3 nitrogen and oxygen atoms in total. The van der Waals surface area contributed by atoms with Crippen molar-refractivity contribution in [2.45, 2.75) is 39.0 Å². The third-order valence-corrected chi connectivity index (χ3v) is 5.74. The van der Waals surface area contributed by atoms with Crippen molar-refractivity contribution in [3.63, 3.8) is 0 Å². The molecule has 120 valence electrons. The molecule has 0 aliphatic heterocycles.